The van der Waals surface area contributed by atoms with Gasteiger partial charge in [0, 0.05) is 25.2 Å². The third-order valence-electron chi connectivity index (χ3n) is 8.35. The lowest BCUT2D eigenvalue weighted by atomic mass is 9.98. The van der Waals surface area contributed by atoms with Crippen LogP contribution in [0.2, 0.25) is 0 Å². The number of hydrogen-bond donors (Lipinski definition) is 4. The average molecular weight is 796 g/mol. The molecule has 3 rings (SSSR count). The van der Waals surface area contributed by atoms with Gasteiger partial charge in [-0.3, -0.25) is 14.4 Å². The highest BCUT2D eigenvalue weighted by atomic mass is 16.6. The van der Waals surface area contributed by atoms with Gasteiger partial charge in [0.15, 0.2) is 0 Å². The SMILES string of the molecule is CC(C)(C)OC(=O)[C@@H](CCC(=O)O)NC(=O)CC[C@@H](NC(=O)CC[C@@H](NC(=O)OCC1c2ccccc2-c2ccccc21)C(=O)OC(C)(C)C)C(=O)OC(C)(C)C. The van der Waals surface area contributed by atoms with Crippen molar-refractivity contribution in [1.29, 1.82) is 0 Å². The molecule has 2 aromatic carbocycles. The fraction of sp³-hybridized carbons (Fsp3) is 0.548. The van der Waals surface area contributed by atoms with Gasteiger partial charge in [0.05, 0.1) is 0 Å². The number of carbonyl (C=O) groups excluding carboxylic acids is 6. The van der Waals surface area contributed by atoms with E-state index in [4.69, 9.17) is 24.1 Å². The molecule has 0 aliphatic heterocycles. The minimum atomic E-state index is -1.32. The maximum absolute atomic E-state index is 13.3. The minimum Gasteiger partial charge on any atom is -0.481 e. The number of ether oxygens (including phenoxy) is 4. The summed E-state index contributed by atoms with van der Waals surface area (Å²) in [6.45, 7) is 14.7. The molecule has 1 aliphatic carbocycles. The van der Waals surface area contributed by atoms with Crippen molar-refractivity contribution in [1.82, 2.24) is 16.0 Å². The summed E-state index contributed by atoms with van der Waals surface area (Å²) in [5.41, 5.74) is 1.34. The van der Waals surface area contributed by atoms with Crippen LogP contribution in [0, 0.1) is 0 Å². The van der Waals surface area contributed by atoms with Gasteiger partial charge >= 0.3 is 30.0 Å². The summed E-state index contributed by atoms with van der Waals surface area (Å²) in [5, 5.41) is 16.7. The van der Waals surface area contributed by atoms with E-state index < -0.39 is 83.1 Å². The van der Waals surface area contributed by atoms with E-state index in [1.807, 2.05) is 48.5 Å². The lowest BCUT2D eigenvalue weighted by Gasteiger charge is -2.26. The normalized spacial score (nSPS) is 14.1. The number of carbonyl (C=O) groups is 7. The van der Waals surface area contributed by atoms with Crippen LogP contribution in [0.5, 0.6) is 0 Å². The highest BCUT2D eigenvalue weighted by Crippen LogP contribution is 2.44. The largest absolute Gasteiger partial charge is 0.481 e. The predicted octanol–water partition coefficient (Wildman–Crippen LogP) is 5.31. The van der Waals surface area contributed by atoms with Crippen LogP contribution in [-0.2, 0) is 47.7 Å². The molecule has 15 nitrogen and oxygen atoms in total. The Labute approximate surface area is 333 Å². The lowest BCUT2D eigenvalue weighted by molar-refractivity contribution is -0.160. The van der Waals surface area contributed by atoms with Crippen LogP contribution in [-0.4, -0.2) is 88.4 Å². The molecule has 0 saturated carbocycles. The van der Waals surface area contributed by atoms with Gasteiger partial charge in [-0.15, -0.1) is 0 Å². The number of fused-ring (bicyclic) bond motifs is 3. The zero-order valence-electron chi connectivity index (χ0n) is 34.3. The summed E-state index contributed by atoms with van der Waals surface area (Å²) in [4.78, 5) is 89.8. The molecule has 15 heteroatoms. The molecule has 0 heterocycles. The number of alkyl carbamates (subject to hydrolysis) is 1. The fourth-order valence-corrected chi connectivity index (χ4v) is 6.00. The van der Waals surface area contributed by atoms with Crippen molar-refractivity contribution in [2.45, 2.75) is 142 Å². The van der Waals surface area contributed by atoms with Gasteiger partial charge in [-0.1, -0.05) is 48.5 Å². The first-order chi connectivity index (χ1) is 26.4. The van der Waals surface area contributed by atoms with Crippen LogP contribution in [0.3, 0.4) is 0 Å². The molecule has 0 fully saturated rings. The highest BCUT2D eigenvalue weighted by molar-refractivity contribution is 5.88. The summed E-state index contributed by atoms with van der Waals surface area (Å²) in [5.74, 6) is -5.24. The Bertz CT molecular complexity index is 1740. The Hall–Kier alpha value is -5.47. The molecule has 57 heavy (non-hydrogen) atoms. The van der Waals surface area contributed by atoms with E-state index in [2.05, 4.69) is 16.0 Å². The number of benzene rings is 2. The van der Waals surface area contributed by atoms with E-state index >= 15 is 0 Å². The monoisotopic (exact) mass is 795 g/mol. The van der Waals surface area contributed by atoms with Gasteiger partial charge in [0.2, 0.25) is 11.8 Å². The van der Waals surface area contributed by atoms with Gasteiger partial charge in [-0.25, -0.2) is 19.2 Å². The van der Waals surface area contributed by atoms with E-state index in [-0.39, 0.29) is 44.6 Å². The Balaban J connectivity index is 1.68. The van der Waals surface area contributed by atoms with Gasteiger partial charge in [0.25, 0.3) is 0 Å². The van der Waals surface area contributed by atoms with Crippen LogP contribution >= 0.6 is 0 Å². The minimum absolute atomic E-state index is 0.00932. The molecule has 0 spiro atoms. The molecule has 0 saturated heterocycles. The van der Waals surface area contributed by atoms with Gasteiger partial charge < -0.3 is 40.0 Å². The van der Waals surface area contributed by atoms with Crippen molar-refractivity contribution in [3.8, 4) is 11.1 Å². The predicted molar refractivity (Wildman–Crippen MR) is 209 cm³/mol. The van der Waals surface area contributed by atoms with Crippen molar-refractivity contribution in [3.05, 3.63) is 59.7 Å². The first-order valence-corrected chi connectivity index (χ1v) is 19.0. The zero-order chi connectivity index (χ0) is 42.7. The van der Waals surface area contributed by atoms with E-state index in [0.717, 1.165) is 22.3 Å². The first kappa shape index (κ1) is 45.9. The number of esters is 3. The Morgan fingerprint density at radius 3 is 1.28 bits per heavy atom. The lowest BCUT2D eigenvalue weighted by Crippen LogP contribution is -2.48. The van der Waals surface area contributed by atoms with Crippen molar-refractivity contribution in [2.75, 3.05) is 6.61 Å². The van der Waals surface area contributed by atoms with Crippen molar-refractivity contribution < 1.29 is 57.6 Å². The highest BCUT2D eigenvalue weighted by Gasteiger charge is 2.33. The molecular weight excluding hydrogens is 738 g/mol. The summed E-state index contributed by atoms with van der Waals surface area (Å²) in [6.07, 6.45) is -2.73. The number of rotatable bonds is 17. The molecule has 3 amide bonds. The Kier molecular flexibility index (Phi) is 15.8. The molecule has 3 atom stereocenters. The second-order valence-corrected chi connectivity index (χ2v) is 16.9. The average Bonchev–Trinajstić information content (AvgIpc) is 3.40. The molecule has 2 aromatic rings. The van der Waals surface area contributed by atoms with Crippen LogP contribution < -0.4 is 16.0 Å². The van der Waals surface area contributed by atoms with Crippen molar-refractivity contribution >= 4 is 41.8 Å². The zero-order valence-corrected chi connectivity index (χ0v) is 34.3. The first-order valence-electron chi connectivity index (χ1n) is 19.0. The third-order valence-corrected chi connectivity index (χ3v) is 8.35. The fourth-order valence-electron chi connectivity index (χ4n) is 6.00. The van der Waals surface area contributed by atoms with Crippen molar-refractivity contribution in [2.24, 2.45) is 0 Å². The summed E-state index contributed by atoms with van der Waals surface area (Å²) < 4.78 is 22.0. The molecule has 1 aliphatic rings. The molecule has 0 radical (unpaired) electrons. The molecule has 0 aromatic heterocycles. The Morgan fingerprint density at radius 1 is 0.561 bits per heavy atom. The maximum atomic E-state index is 13.3. The van der Waals surface area contributed by atoms with E-state index in [9.17, 15) is 33.6 Å². The van der Waals surface area contributed by atoms with Gasteiger partial charge in [-0.05, 0) is 104 Å². The second kappa shape index (κ2) is 19.6. The summed E-state index contributed by atoms with van der Waals surface area (Å²) in [6, 6.07) is 11.8. The summed E-state index contributed by atoms with van der Waals surface area (Å²) >= 11 is 0. The maximum Gasteiger partial charge on any atom is 0.407 e. The van der Waals surface area contributed by atoms with E-state index in [1.165, 1.54) is 0 Å². The number of aliphatic carboxylic acids is 1. The van der Waals surface area contributed by atoms with Gasteiger partial charge in [0.1, 0.15) is 41.5 Å². The van der Waals surface area contributed by atoms with E-state index in [1.54, 1.807) is 62.3 Å². The standard InChI is InChI=1S/C42H57N3O12/c1-40(2,3)55-36(50)30(18-21-33(46)44-31(20-23-35(48)49)37(51)56-41(4,5)6)43-34(47)22-19-32(38(52)57-42(7,8)9)45-39(53)54-24-29-27-16-12-10-14-25(27)26-15-11-13-17-28(26)29/h10-17,29-32H,18-24H2,1-9H3,(H,43,47)(H,44,46)(H,45,53)(H,48,49)/t30-,31-,32-/m1/s1. The number of amides is 3. The topological polar surface area (TPSA) is 213 Å². The third kappa shape index (κ3) is 15.5. The molecule has 4 N–H and O–H groups in total. The molecule has 0 bridgehead atoms. The quantitative estimate of drug-likeness (QED) is 0.118. The molecule has 312 valence electrons. The summed E-state index contributed by atoms with van der Waals surface area (Å²) in [7, 11) is 0. The number of nitrogens with one attached hydrogen (secondary N) is 3. The number of carboxylic acids is 1. The second-order valence-electron chi connectivity index (χ2n) is 16.9. The van der Waals surface area contributed by atoms with Crippen LogP contribution in [0.1, 0.15) is 118 Å². The Morgan fingerprint density at radius 2 is 0.912 bits per heavy atom. The van der Waals surface area contributed by atoms with E-state index in [0.29, 0.717) is 0 Å². The smallest absolute Gasteiger partial charge is 0.407 e. The van der Waals surface area contributed by atoms with Crippen LogP contribution in [0.15, 0.2) is 48.5 Å². The van der Waals surface area contributed by atoms with Crippen LogP contribution in [0.25, 0.3) is 11.1 Å². The molecule has 0 unspecified atom stereocenters. The number of carboxylic acid groups (broad SMARTS) is 1. The number of hydrogen-bond acceptors (Lipinski definition) is 11. The molecular formula is C42H57N3O12. The van der Waals surface area contributed by atoms with Crippen molar-refractivity contribution in [3.63, 3.8) is 0 Å². The van der Waals surface area contributed by atoms with Gasteiger partial charge in [-0.2, -0.15) is 0 Å². The van der Waals surface area contributed by atoms with Crippen LogP contribution in [0.4, 0.5) is 4.79 Å².